The van der Waals surface area contributed by atoms with E-state index in [1.165, 1.54) is 11.1 Å². The van der Waals surface area contributed by atoms with Crippen LogP contribution < -0.4 is 0 Å². The van der Waals surface area contributed by atoms with Crippen LogP contribution in [0.4, 0.5) is 0 Å². The van der Waals surface area contributed by atoms with Gasteiger partial charge in [0.15, 0.2) is 0 Å². The molecule has 0 N–H and O–H groups in total. The molecule has 1 atom stereocenters. The molecule has 0 saturated carbocycles. The molecule has 81 valence electrons. The Balaban J connectivity index is 0.000000980. The van der Waals surface area contributed by atoms with Crippen molar-refractivity contribution in [2.75, 3.05) is 0 Å². The first-order chi connectivity index (χ1) is 6.14. The molecule has 0 fully saturated rings. The molecule has 0 saturated heterocycles. The van der Waals surface area contributed by atoms with Gasteiger partial charge in [0.05, 0.1) is 0 Å². The molecule has 1 aliphatic rings. The zero-order chi connectivity index (χ0) is 9.47. The average molecular weight is 278 g/mol. The number of rotatable bonds is 1. The van der Waals surface area contributed by atoms with Crippen molar-refractivity contribution in [2.45, 2.75) is 17.6 Å². The quantitative estimate of drug-likeness (QED) is 0.682. The van der Waals surface area contributed by atoms with Crippen molar-refractivity contribution in [3.05, 3.63) is 41.5 Å². The van der Waals surface area contributed by atoms with Gasteiger partial charge >= 0.3 is 91.5 Å². The average Bonchev–Trinajstić information content (AvgIpc) is 2.47. The van der Waals surface area contributed by atoms with Gasteiger partial charge in [0.25, 0.3) is 0 Å². The van der Waals surface area contributed by atoms with Crippen LogP contribution in [0.1, 0.15) is 25.0 Å². The van der Waals surface area contributed by atoms with E-state index in [1.807, 2.05) is 0 Å². The van der Waals surface area contributed by atoms with Crippen LogP contribution in [-0.4, -0.2) is 0 Å². The standard InChI is InChI=1S/C12H13.2ClH.Ti/c1-9(2)11-8-7-10-5-3-4-6-12(10)11;;;/h3-9H,1-2H3;2*1H;. The van der Waals surface area contributed by atoms with Crippen LogP contribution in [0.5, 0.6) is 0 Å². The number of halogens is 2. The summed E-state index contributed by atoms with van der Waals surface area (Å²) in [5, 5.41) is 0. The van der Waals surface area contributed by atoms with Crippen LogP contribution in [0.3, 0.4) is 0 Å². The van der Waals surface area contributed by atoms with Crippen LogP contribution in [0.15, 0.2) is 30.3 Å². The number of allylic oxidation sites excluding steroid dienone is 1. The summed E-state index contributed by atoms with van der Waals surface area (Å²) in [6.07, 6.45) is 4.58. The van der Waals surface area contributed by atoms with Gasteiger partial charge in [-0.05, 0) is 0 Å². The van der Waals surface area contributed by atoms with Crippen molar-refractivity contribution in [3.8, 4) is 0 Å². The summed E-state index contributed by atoms with van der Waals surface area (Å²) >= 11 is 2.32. The molecule has 2 rings (SSSR count). The monoisotopic (exact) mass is 277 g/mol. The van der Waals surface area contributed by atoms with Crippen molar-refractivity contribution in [1.29, 1.82) is 0 Å². The summed E-state index contributed by atoms with van der Waals surface area (Å²) in [6.45, 7) is 4.57. The molecular formula is C12H15Cl2Ti. The Morgan fingerprint density at radius 3 is 2.33 bits per heavy atom. The molecule has 0 spiro atoms. The fourth-order valence-corrected chi connectivity index (χ4v) is 2.32. The SMILES string of the molecule is CC(C)[C]1([Ti])C=Cc2ccccc21.Cl.Cl. The van der Waals surface area contributed by atoms with Gasteiger partial charge in [-0.3, -0.25) is 0 Å². The Morgan fingerprint density at radius 2 is 1.73 bits per heavy atom. The predicted molar refractivity (Wildman–Crippen MR) is 66.5 cm³/mol. The maximum Gasteiger partial charge on any atom is -0.147 e. The third-order valence-electron chi connectivity index (χ3n) is 2.84. The van der Waals surface area contributed by atoms with Crippen LogP contribution in [0.2, 0.25) is 0 Å². The maximum atomic E-state index is 2.34. The van der Waals surface area contributed by atoms with Gasteiger partial charge in [-0.2, -0.15) is 0 Å². The molecule has 1 unspecified atom stereocenters. The van der Waals surface area contributed by atoms with Crippen LogP contribution in [0, 0.1) is 5.92 Å². The summed E-state index contributed by atoms with van der Waals surface area (Å²) in [7, 11) is 0. The molecule has 3 heteroatoms. The smallest absolute Gasteiger partial charge is 0.147 e. The summed E-state index contributed by atoms with van der Waals surface area (Å²) < 4.78 is 0.247. The van der Waals surface area contributed by atoms with Gasteiger partial charge in [0.2, 0.25) is 0 Å². The molecule has 0 nitrogen and oxygen atoms in total. The molecule has 0 aliphatic heterocycles. The van der Waals surface area contributed by atoms with Crippen molar-refractivity contribution in [1.82, 2.24) is 0 Å². The summed E-state index contributed by atoms with van der Waals surface area (Å²) in [5.74, 6) is 0.660. The van der Waals surface area contributed by atoms with Crippen LogP contribution >= 0.6 is 24.8 Å². The number of benzene rings is 1. The molecule has 15 heavy (non-hydrogen) atoms. The molecule has 0 heterocycles. The van der Waals surface area contributed by atoms with E-state index in [4.69, 9.17) is 0 Å². The molecule has 0 bridgehead atoms. The van der Waals surface area contributed by atoms with Crippen molar-refractivity contribution in [3.63, 3.8) is 0 Å². The summed E-state index contributed by atoms with van der Waals surface area (Å²) in [4.78, 5) is 0. The molecule has 0 radical (unpaired) electrons. The molecule has 0 aromatic heterocycles. The topological polar surface area (TPSA) is 0 Å². The Bertz CT molecular complexity index is 360. The number of hydrogen-bond donors (Lipinski definition) is 0. The molecule has 1 aromatic rings. The van der Waals surface area contributed by atoms with Gasteiger partial charge in [-0.1, -0.05) is 0 Å². The number of fused-ring (bicyclic) bond motifs is 1. The fraction of sp³-hybridized carbons (Fsp3) is 0.333. The predicted octanol–water partition coefficient (Wildman–Crippen LogP) is 3.96. The minimum Gasteiger partial charge on any atom is -0.147 e. The van der Waals surface area contributed by atoms with Crippen molar-refractivity contribution in [2.24, 2.45) is 5.92 Å². The molecule has 0 amide bonds. The second kappa shape index (κ2) is 5.54. The van der Waals surface area contributed by atoms with Crippen molar-refractivity contribution >= 4 is 30.9 Å². The minimum atomic E-state index is 0. The van der Waals surface area contributed by atoms with Crippen LogP contribution in [0.25, 0.3) is 6.08 Å². The molecule has 1 aliphatic carbocycles. The Kier molecular flexibility index (Phi) is 5.64. The van der Waals surface area contributed by atoms with Gasteiger partial charge < -0.3 is 0 Å². The second-order valence-electron chi connectivity index (χ2n) is 3.94. The summed E-state index contributed by atoms with van der Waals surface area (Å²) in [6, 6.07) is 8.68. The second-order valence-corrected chi connectivity index (χ2v) is 5.24. The van der Waals surface area contributed by atoms with Crippen LogP contribution in [-0.2, 0) is 24.2 Å². The number of hydrogen-bond acceptors (Lipinski definition) is 0. The first kappa shape index (κ1) is 15.3. The van der Waals surface area contributed by atoms with Crippen molar-refractivity contribution < 1.29 is 20.4 Å². The van der Waals surface area contributed by atoms with E-state index in [1.54, 1.807) is 0 Å². The minimum absolute atomic E-state index is 0. The maximum absolute atomic E-state index is 2.34. The van der Waals surface area contributed by atoms with Gasteiger partial charge in [0, 0.05) is 0 Å². The van der Waals surface area contributed by atoms with E-state index in [9.17, 15) is 0 Å². The molecular weight excluding hydrogens is 263 g/mol. The normalized spacial score (nSPS) is 21.7. The van der Waals surface area contributed by atoms with Gasteiger partial charge in [-0.25, -0.2) is 0 Å². The van der Waals surface area contributed by atoms with Gasteiger partial charge in [-0.15, -0.1) is 24.8 Å². The van der Waals surface area contributed by atoms with E-state index in [2.05, 4.69) is 70.7 Å². The Labute approximate surface area is 116 Å². The van der Waals surface area contributed by atoms with E-state index in [0.717, 1.165) is 0 Å². The van der Waals surface area contributed by atoms with Gasteiger partial charge in [0.1, 0.15) is 0 Å². The summed E-state index contributed by atoms with van der Waals surface area (Å²) in [5.41, 5.74) is 2.86. The zero-order valence-electron chi connectivity index (χ0n) is 8.86. The van der Waals surface area contributed by atoms with E-state index < -0.39 is 0 Å². The first-order valence-electron chi connectivity index (χ1n) is 4.68. The van der Waals surface area contributed by atoms with E-state index >= 15 is 0 Å². The third-order valence-corrected chi connectivity index (χ3v) is 4.43. The van der Waals surface area contributed by atoms with E-state index in [-0.39, 0.29) is 28.5 Å². The largest absolute Gasteiger partial charge is 0.147 e. The Morgan fingerprint density at radius 1 is 1.13 bits per heavy atom. The molecule has 1 aromatic carbocycles. The third kappa shape index (κ3) is 2.50. The zero-order valence-corrected chi connectivity index (χ0v) is 12.1. The first-order valence-corrected chi connectivity index (χ1v) is 5.46. The van der Waals surface area contributed by atoms with E-state index in [0.29, 0.717) is 5.92 Å². The Hall–Kier alpha value is 0.254. The fourth-order valence-electron chi connectivity index (χ4n) is 1.83.